The first-order chi connectivity index (χ1) is 11.6. The number of benzene rings is 2. The van der Waals surface area contributed by atoms with E-state index in [0.29, 0.717) is 18.8 Å². The molecule has 5 heteroatoms. The van der Waals surface area contributed by atoms with Gasteiger partial charge in [-0.25, -0.2) is 4.39 Å². The first kappa shape index (κ1) is 16.2. The van der Waals surface area contributed by atoms with E-state index in [9.17, 15) is 14.0 Å². The lowest BCUT2D eigenvalue weighted by molar-refractivity contribution is -0.126. The minimum absolute atomic E-state index is 0.127. The summed E-state index contributed by atoms with van der Waals surface area (Å²) < 4.78 is 13.3. The normalized spacial score (nSPS) is 17.1. The minimum Gasteiger partial charge on any atom is -0.355 e. The molecule has 0 unspecified atom stereocenters. The molecule has 1 saturated heterocycles. The summed E-state index contributed by atoms with van der Waals surface area (Å²) in [6, 6.07) is 15.8. The van der Waals surface area contributed by atoms with Crippen LogP contribution in [0.4, 0.5) is 10.1 Å². The fraction of sp³-hybridized carbons (Fsp3) is 0.263. The predicted octanol–water partition coefficient (Wildman–Crippen LogP) is 2.54. The van der Waals surface area contributed by atoms with Crippen molar-refractivity contribution in [2.24, 2.45) is 5.92 Å². The van der Waals surface area contributed by atoms with E-state index in [4.69, 9.17) is 0 Å². The van der Waals surface area contributed by atoms with Crippen molar-refractivity contribution in [2.45, 2.75) is 12.8 Å². The molecule has 1 fully saturated rings. The van der Waals surface area contributed by atoms with Gasteiger partial charge in [-0.15, -0.1) is 0 Å². The van der Waals surface area contributed by atoms with Crippen LogP contribution in [0.25, 0.3) is 0 Å². The molecule has 1 aliphatic heterocycles. The molecule has 0 aliphatic carbocycles. The zero-order valence-corrected chi connectivity index (χ0v) is 13.2. The molecule has 2 aromatic rings. The molecule has 0 aromatic heterocycles. The van der Waals surface area contributed by atoms with Crippen molar-refractivity contribution in [3.8, 4) is 0 Å². The van der Waals surface area contributed by atoms with Crippen LogP contribution in [0.3, 0.4) is 0 Å². The fourth-order valence-electron chi connectivity index (χ4n) is 2.90. The number of hydrogen-bond donors (Lipinski definition) is 1. The Morgan fingerprint density at radius 3 is 2.71 bits per heavy atom. The van der Waals surface area contributed by atoms with E-state index in [1.807, 2.05) is 30.3 Å². The van der Waals surface area contributed by atoms with Gasteiger partial charge in [-0.1, -0.05) is 36.4 Å². The van der Waals surface area contributed by atoms with E-state index in [1.165, 1.54) is 17.0 Å². The van der Waals surface area contributed by atoms with Crippen molar-refractivity contribution in [3.63, 3.8) is 0 Å². The van der Waals surface area contributed by atoms with Crippen molar-refractivity contribution < 1.29 is 14.0 Å². The number of nitrogens with zero attached hydrogens (tertiary/aromatic N) is 1. The van der Waals surface area contributed by atoms with Gasteiger partial charge >= 0.3 is 0 Å². The first-order valence-electron chi connectivity index (χ1n) is 8.01. The SMILES string of the molecule is O=C(NCCc1ccccc1)[C@H]1CC(=O)N(c2cccc(F)c2)C1. The highest BCUT2D eigenvalue weighted by Crippen LogP contribution is 2.25. The molecule has 1 N–H and O–H groups in total. The Morgan fingerprint density at radius 1 is 1.17 bits per heavy atom. The maximum atomic E-state index is 13.3. The number of carbonyl (C=O) groups excluding carboxylic acids is 2. The number of nitrogens with one attached hydrogen (secondary N) is 1. The number of hydrogen-bond acceptors (Lipinski definition) is 2. The third kappa shape index (κ3) is 3.79. The summed E-state index contributed by atoms with van der Waals surface area (Å²) in [6.45, 7) is 0.826. The highest BCUT2D eigenvalue weighted by Gasteiger charge is 2.35. The van der Waals surface area contributed by atoms with E-state index >= 15 is 0 Å². The number of anilines is 1. The van der Waals surface area contributed by atoms with Gasteiger partial charge in [0.25, 0.3) is 0 Å². The van der Waals surface area contributed by atoms with Gasteiger partial charge in [0.1, 0.15) is 5.82 Å². The lowest BCUT2D eigenvalue weighted by atomic mass is 10.1. The van der Waals surface area contributed by atoms with Gasteiger partial charge in [0.15, 0.2) is 0 Å². The highest BCUT2D eigenvalue weighted by atomic mass is 19.1. The van der Waals surface area contributed by atoms with Gasteiger partial charge < -0.3 is 10.2 Å². The Hall–Kier alpha value is -2.69. The molecular formula is C19H19FN2O2. The maximum Gasteiger partial charge on any atom is 0.227 e. The fourth-order valence-corrected chi connectivity index (χ4v) is 2.90. The van der Waals surface area contributed by atoms with E-state index in [-0.39, 0.29) is 18.2 Å². The van der Waals surface area contributed by atoms with E-state index in [1.54, 1.807) is 12.1 Å². The molecule has 24 heavy (non-hydrogen) atoms. The Balaban J connectivity index is 1.54. The second kappa shape index (κ2) is 7.25. The van der Waals surface area contributed by atoms with Gasteiger partial charge in [0.2, 0.25) is 11.8 Å². The monoisotopic (exact) mass is 326 g/mol. The molecule has 1 heterocycles. The van der Waals surface area contributed by atoms with Crippen molar-refractivity contribution in [1.82, 2.24) is 5.32 Å². The lowest BCUT2D eigenvalue weighted by Gasteiger charge is -2.16. The summed E-state index contributed by atoms with van der Waals surface area (Å²) in [7, 11) is 0. The largest absolute Gasteiger partial charge is 0.355 e. The topological polar surface area (TPSA) is 49.4 Å². The summed E-state index contributed by atoms with van der Waals surface area (Å²) in [4.78, 5) is 25.9. The van der Waals surface area contributed by atoms with Crippen LogP contribution in [-0.2, 0) is 16.0 Å². The first-order valence-corrected chi connectivity index (χ1v) is 8.01. The second-order valence-electron chi connectivity index (χ2n) is 5.91. The Morgan fingerprint density at radius 2 is 1.96 bits per heavy atom. The summed E-state index contributed by atoms with van der Waals surface area (Å²) in [5.74, 6) is -1.06. The minimum atomic E-state index is -0.393. The van der Waals surface area contributed by atoms with Gasteiger partial charge in [-0.3, -0.25) is 9.59 Å². The second-order valence-corrected chi connectivity index (χ2v) is 5.91. The van der Waals surface area contributed by atoms with Crippen molar-refractivity contribution in [1.29, 1.82) is 0 Å². The molecule has 0 radical (unpaired) electrons. The summed E-state index contributed by atoms with van der Waals surface area (Å²) in [5, 5.41) is 2.89. The zero-order chi connectivity index (χ0) is 16.9. The van der Waals surface area contributed by atoms with Gasteiger partial charge in [-0.2, -0.15) is 0 Å². The zero-order valence-electron chi connectivity index (χ0n) is 13.2. The Labute approximate surface area is 140 Å². The van der Waals surface area contributed by atoms with E-state index in [0.717, 1.165) is 12.0 Å². The molecule has 1 atom stereocenters. The number of amides is 2. The molecule has 0 saturated carbocycles. The van der Waals surface area contributed by atoms with Crippen molar-refractivity contribution in [3.05, 3.63) is 66.0 Å². The van der Waals surface area contributed by atoms with Crippen LogP contribution in [0, 0.1) is 11.7 Å². The molecule has 124 valence electrons. The molecule has 2 amide bonds. The van der Waals surface area contributed by atoms with Crippen molar-refractivity contribution >= 4 is 17.5 Å². The van der Waals surface area contributed by atoms with Crippen LogP contribution in [-0.4, -0.2) is 24.9 Å². The summed E-state index contributed by atoms with van der Waals surface area (Å²) in [5.41, 5.74) is 1.65. The van der Waals surface area contributed by atoms with E-state index in [2.05, 4.69) is 5.32 Å². The molecule has 3 rings (SSSR count). The van der Waals surface area contributed by atoms with Crippen LogP contribution in [0.2, 0.25) is 0 Å². The number of rotatable bonds is 5. The third-order valence-electron chi connectivity index (χ3n) is 4.17. The van der Waals surface area contributed by atoms with Crippen LogP contribution in [0.5, 0.6) is 0 Å². The lowest BCUT2D eigenvalue weighted by Crippen LogP contribution is -2.34. The smallest absolute Gasteiger partial charge is 0.227 e. The van der Waals surface area contributed by atoms with Crippen LogP contribution in [0.15, 0.2) is 54.6 Å². The van der Waals surface area contributed by atoms with Crippen LogP contribution >= 0.6 is 0 Å². The number of carbonyl (C=O) groups is 2. The molecule has 2 aromatic carbocycles. The van der Waals surface area contributed by atoms with Gasteiger partial charge in [-0.05, 0) is 30.2 Å². The van der Waals surface area contributed by atoms with Crippen LogP contribution < -0.4 is 10.2 Å². The molecule has 4 nitrogen and oxygen atoms in total. The Kier molecular flexibility index (Phi) is 4.89. The number of halogens is 1. The average molecular weight is 326 g/mol. The standard InChI is InChI=1S/C19H19FN2O2/c20-16-7-4-8-17(12-16)22-13-15(11-18(22)23)19(24)21-10-9-14-5-2-1-3-6-14/h1-8,12,15H,9-11,13H2,(H,21,24)/t15-/m0/s1. The van der Waals surface area contributed by atoms with Gasteiger partial charge in [0.05, 0.1) is 5.92 Å². The highest BCUT2D eigenvalue weighted by molar-refractivity contribution is 6.00. The molecule has 0 bridgehead atoms. The van der Waals surface area contributed by atoms with E-state index < -0.39 is 11.7 Å². The maximum absolute atomic E-state index is 13.3. The molecular weight excluding hydrogens is 307 g/mol. The predicted molar refractivity (Wildman–Crippen MR) is 90.0 cm³/mol. The molecule has 0 spiro atoms. The molecule has 1 aliphatic rings. The quantitative estimate of drug-likeness (QED) is 0.918. The average Bonchev–Trinajstić information content (AvgIpc) is 2.98. The van der Waals surface area contributed by atoms with Gasteiger partial charge in [0, 0.05) is 25.2 Å². The summed E-state index contributed by atoms with van der Waals surface area (Å²) >= 11 is 0. The van der Waals surface area contributed by atoms with Crippen molar-refractivity contribution in [2.75, 3.05) is 18.0 Å². The van der Waals surface area contributed by atoms with Crippen LogP contribution in [0.1, 0.15) is 12.0 Å². The summed E-state index contributed by atoms with van der Waals surface area (Å²) in [6.07, 6.45) is 0.911. The third-order valence-corrected chi connectivity index (χ3v) is 4.17. The Bertz CT molecular complexity index is 733.